The van der Waals surface area contributed by atoms with Gasteiger partial charge in [0.1, 0.15) is 5.84 Å². The Hall–Kier alpha value is -3.60. The van der Waals surface area contributed by atoms with Crippen molar-refractivity contribution in [1.29, 1.82) is 0 Å². The van der Waals surface area contributed by atoms with Crippen LogP contribution < -0.4 is 14.8 Å². The van der Waals surface area contributed by atoms with E-state index in [-0.39, 0.29) is 11.8 Å². The van der Waals surface area contributed by atoms with Gasteiger partial charge in [-0.15, -0.1) is 0 Å². The Morgan fingerprint density at radius 2 is 1.51 bits per heavy atom. The Bertz CT molecular complexity index is 1120. The molecule has 0 radical (unpaired) electrons. The molecule has 3 aromatic rings. The Morgan fingerprint density at radius 3 is 2.14 bits per heavy atom. The van der Waals surface area contributed by atoms with Crippen molar-refractivity contribution >= 4 is 11.7 Å². The molecule has 184 valence electrons. The van der Waals surface area contributed by atoms with Crippen molar-refractivity contribution in [3.05, 3.63) is 95.1 Å². The molecule has 0 bridgehead atoms. The molecular formula is C30H36N2O3. The van der Waals surface area contributed by atoms with Gasteiger partial charge in [0, 0.05) is 18.0 Å². The number of hydrogen-bond acceptors (Lipinski definition) is 4. The van der Waals surface area contributed by atoms with E-state index < -0.39 is 0 Å². The van der Waals surface area contributed by atoms with E-state index in [0.717, 1.165) is 17.5 Å². The van der Waals surface area contributed by atoms with Crippen LogP contribution in [0.15, 0.2) is 77.8 Å². The Balaban J connectivity index is 1.80. The zero-order chi connectivity index (χ0) is 25.2. The molecule has 1 amide bonds. The fraction of sp³-hybridized carbons (Fsp3) is 0.333. The number of carbonyl (C=O) groups excluding carboxylic acids is 1. The molecule has 3 rings (SSSR count). The molecule has 0 spiro atoms. The number of aliphatic imine (C=N–C) groups is 1. The maximum Gasteiger partial charge on any atom is 0.256 e. The van der Waals surface area contributed by atoms with Crippen LogP contribution in [0.4, 0.5) is 0 Å². The lowest BCUT2D eigenvalue weighted by atomic mass is 9.95. The number of amides is 1. The summed E-state index contributed by atoms with van der Waals surface area (Å²) in [5, 5.41) is 3.07. The first-order valence-electron chi connectivity index (χ1n) is 12.1. The minimum atomic E-state index is -0.154. The van der Waals surface area contributed by atoms with E-state index in [1.807, 2.05) is 48.5 Å². The Kier molecular flexibility index (Phi) is 9.47. The standard InChI is InChI=1S/C30H36N2O3/c1-21(2)19-23-11-14-25(15-12-23)22(3)29(32-30(33)26-9-7-6-8-10-26)31-18-17-24-13-16-27(34-4)28(20-24)35-5/h6-16,20-22H,17-19H2,1-5H3,(H,31,32,33). The third-order valence-corrected chi connectivity index (χ3v) is 5.94. The molecule has 0 heterocycles. The summed E-state index contributed by atoms with van der Waals surface area (Å²) in [6.07, 6.45) is 1.76. The van der Waals surface area contributed by atoms with Gasteiger partial charge in [-0.2, -0.15) is 0 Å². The number of nitrogens with one attached hydrogen (secondary N) is 1. The van der Waals surface area contributed by atoms with E-state index in [0.29, 0.717) is 41.8 Å². The summed E-state index contributed by atoms with van der Waals surface area (Å²) in [6.45, 7) is 7.06. The smallest absolute Gasteiger partial charge is 0.256 e. The molecule has 0 aliphatic heterocycles. The fourth-order valence-electron chi connectivity index (χ4n) is 3.98. The fourth-order valence-corrected chi connectivity index (χ4v) is 3.98. The average molecular weight is 473 g/mol. The molecule has 0 saturated heterocycles. The number of carbonyl (C=O) groups is 1. The lowest BCUT2D eigenvalue weighted by Gasteiger charge is -2.18. The lowest BCUT2D eigenvalue weighted by molar-refractivity contribution is 0.0976. The summed E-state index contributed by atoms with van der Waals surface area (Å²) in [4.78, 5) is 17.8. The third-order valence-electron chi connectivity index (χ3n) is 5.94. The van der Waals surface area contributed by atoms with E-state index in [2.05, 4.69) is 50.4 Å². The normalized spacial score (nSPS) is 12.3. The highest BCUT2D eigenvalue weighted by molar-refractivity contribution is 6.08. The molecule has 0 aromatic heterocycles. The van der Waals surface area contributed by atoms with Crippen LogP contribution in [-0.4, -0.2) is 32.5 Å². The lowest BCUT2D eigenvalue weighted by Crippen LogP contribution is -2.34. The highest BCUT2D eigenvalue weighted by atomic mass is 16.5. The van der Waals surface area contributed by atoms with Crippen molar-refractivity contribution in [3.63, 3.8) is 0 Å². The molecule has 5 heteroatoms. The second kappa shape index (κ2) is 12.7. The summed E-state index contributed by atoms with van der Waals surface area (Å²) >= 11 is 0. The summed E-state index contributed by atoms with van der Waals surface area (Å²) in [6, 6.07) is 23.7. The van der Waals surface area contributed by atoms with Gasteiger partial charge in [-0.1, -0.05) is 69.3 Å². The van der Waals surface area contributed by atoms with E-state index in [1.54, 1.807) is 14.2 Å². The van der Waals surface area contributed by atoms with Crippen LogP contribution in [0.2, 0.25) is 0 Å². The number of nitrogens with zero attached hydrogens (tertiary/aromatic N) is 1. The van der Waals surface area contributed by atoms with Crippen LogP contribution in [0.1, 0.15) is 53.7 Å². The van der Waals surface area contributed by atoms with Gasteiger partial charge in [-0.25, -0.2) is 0 Å². The van der Waals surface area contributed by atoms with Gasteiger partial charge < -0.3 is 14.8 Å². The summed E-state index contributed by atoms with van der Waals surface area (Å²) in [5.41, 5.74) is 4.14. The van der Waals surface area contributed by atoms with Crippen molar-refractivity contribution < 1.29 is 14.3 Å². The van der Waals surface area contributed by atoms with Crippen LogP contribution in [0, 0.1) is 5.92 Å². The van der Waals surface area contributed by atoms with Crippen molar-refractivity contribution in [2.75, 3.05) is 20.8 Å². The minimum Gasteiger partial charge on any atom is -0.493 e. The average Bonchev–Trinajstić information content (AvgIpc) is 2.88. The van der Waals surface area contributed by atoms with Gasteiger partial charge in [-0.3, -0.25) is 9.79 Å². The molecule has 0 fully saturated rings. The zero-order valence-electron chi connectivity index (χ0n) is 21.4. The van der Waals surface area contributed by atoms with Gasteiger partial charge >= 0.3 is 0 Å². The van der Waals surface area contributed by atoms with Gasteiger partial charge in [-0.05, 0) is 59.7 Å². The highest BCUT2D eigenvalue weighted by Crippen LogP contribution is 2.27. The van der Waals surface area contributed by atoms with Gasteiger partial charge in [0.15, 0.2) is 11.5 Å². The molecule has 0 aliphatic carbocycles. The Labute approximate surface area is 209 Å². The maximum absolute atomic E-state index is 12.9. The third kappa shape index (κ3) is 7.44. The number of amidine groups is 1. The SMILES string of the molecule is COc1ccc(CCN=C(NC(=O)c2ccccc2)C(C)c2ccc(CC(C)C)cc2)cc1OC. The van der Waals surface area contributed by atoms with Gasteiger partial charge in [0.05, 0.1) is 14.2 Å². The van der Waals surface area contributed by atoms with E-state index in [4.69, 9.17) is 14.5 Å². The molecule has 1 unspecified atom stereocenters. The van der Waals surface area contributed by atoms with Crippen molar-refractivity contribution in [1.82, 2.24) is 5.32 Å². The second-order valence-electron chi connectivity index (χ2n) is 9.09. The first kappa shape index (κ1) is 26.0. The number of methoxy groups -OCH3 is 2. The molecule has 3 aromatic carbocycles. The predicted octanol–water partition coefficient (Wildman–Crippen LogP) is 6.08. The van der Waals surface area contributed by atoms with E-state index in [1.165, 1.54) is 5.56 Å². The zero-order valence-corrected chi connectivity index (χ0v) is 21.4. The Morgan fingerprint density at radius 1 is 0.857 bits per heavy atom. The predicted molar refractivity (Wildman–Crippen MR) is 143 cm³/mol. The van der Waals surface area contributed by atoms with Gasteiger partial charge in [0.2, 0.25) is 0 Å². The molecular weight excluding hydrogens is 436 g/mol. The molecule has 0 saturated carbocycles. The first-order valence-corrected chi connectivity index (χ1v) is 12.1. The largest absolute Gasteiger partial charge is 0.493 e. The van der Waals surface area contributed by atoms with E-state index >= 15 is 0 Å². The van der Waals surface area contributed by atoms with Crippen LogP contribution in [-0.2, 0) is 12.8 Å². The molecule has 35 heavy (non-hydrogen) atoms. The molecule has 5 nitrogen and oxygen atoms in total. The van der Waals surface area contributed by atoms with Crippen molar-refractivity contribution in [2.24, 2.45) is 10.9 Å². The number of rotatable bonds is 10. The second-order valence-corrected chi connectivity index (χ2v) is 9.09. The molecule has 0 aliphatic rings. The van der Waals surface area contributed by atoms with Gasteiger partial charge in [0.25, 0.3) is 5.91 Å². The maximum atomic E-state index is 12.9. The summed E-state index contributed by atoms with van der Waals surface area (Å²) < 4.78 is 10.7. The van der Waals surface area contributed by atoms with Crippen LogP contribution in [0.5, 0.6) is 11.5 Å². The van der Waals surface area contributed by atoms with Crippen LogP contribution in [0.25, 0.3) is 0 Å². The monoisotopic (exact) mass is 472 g/mol. The number of hydrogen-bond donors (Lipinski definition) is 1. The van der Waals surface area contributed by atoms with E-state index in [9.17, 15) is 4.79 Å². The number of benzene rings is 3. The summed E-state index contributed by atoms with van der Waals surface area (Å²) in [7, 11) is 3.26. The topological polar surface area (TPSA) is 59.9 Å². The minimum absolute atomic E-state index is 0.0545. The van der Waals surface area contributed by atoms with Crippen LogP contribution in [0.3, 0.4) is 0 Å². The first-order chi connectivity index (χ1) is 16.9. The van der Waals surface area contributed by atoms with Crippen molar-refractivity contribution in [3.8, 4) is 11.5 Å². The van der Waals surface area contributed by atoms with Crippen LogP contribution >= 0.6 is 0 Å². The quantitative estimate of drug-likeness (QED) is 0.287. The summed E-state index contributed by atoms with van der Waals surface area (Å²) in [5.74, 6) is 2.46. The molecule has 1 atom stereocenters. The molecule has 1 N–H and O–H groups in total. The van der Waals surface area contributed by atoms with Crippen molar-refractivity contribution in [2.45, 2.75) is 39.5 Å². The number of ether oxygens (including phenoxy) is 2. The highest BCUT2D eigenvalue weighted by Gasteiger charge is 2.17.